The van der Waals surface area contributed by atoms with E-state index in [2.05, 4.69) is 4.72 Å². The molecule has 1 rings (SSSR count). The van der Waals surface area contributed by atoms with E-state index in [-0.39, 0.29) is 17.0 Å². The molecule has 8 heteroatoms. The average Bonchev–Trinajstić information content (AvgIpc) is 2.37. The third kappa shape index (κ3) is 4.76. The highest BCUT2D eigenvalue weighted by molar-refractivity contribution is 7.89. The second-order valence-electron chi connectivity index (χ2n) is 4.94. The molecule has 0 saturated heterocycles. The summed E-state index contributed by atoms with van der Waals surface area (Å²) >= 11 is 0. The molecule has 0 bridgehead atoms. The first kappa shape index (κ1) is 17.5. The van der Waals surface area contributed by atoms with E-state index >= 15 is 0 Å². The summed E-state index contributed by atoms with van der Waals surface area (Å²) in [6.45, 7) is 2.19. The molecular weight excluding hydrogens is 299 g/mol. The maximum absolute atomic E-state index is 13.7. The molecular formula is C13H19FN2O4S. The minimum absolute atomic E-state index is 0.0971. The highest BCUT2D eigenvalue weighted by atomic mass is 32.2. The first-order valence-corrected chi connectivity index (χ1v) is 7.81. The zero-order chi connectivity index (χ0) is 16.2. The van der Waals surface area contributed by atoms with Gasteiger partial charge < -0.3 is 10.0 Å². The number of halogens is 1. The number of nitrogens with one attached hydrogen (secondary N) is 1. The second-order valence-corrected chi connectivity index (χ2v) is 6.68. The molecule has 0 radical (unpaired) electrons. The molecule has 0 spiro atoms. The Labute approximate surface area is 123 Å². The van der Waals surface area contributed by atoms with Crippen molar-refractivity contribution in [2.45, 2.75) is 18.2 Å². The van der Waals surface area contributed by atoms with Gasteiger partial charge in [0.2, 0.25) is 10.0 Å². The Morgan fingerprint density at radius 3 is 2.52 bits per heavy atom. The molecule has 0 amide bonds. The van der Waals surface area contributed by atoms with Crippen molar-refractivity contribution in [1.82, 2.24) is 9.62 Å². The molecule has 21 heavy (non-hydrogen) atoms. The van der Waals surface area contributed by atoms with Crippen molar-refractivity contribution in [1.29, 1.82) is 0 Å². The lowest BCUT2D eigenvalue weighted by molar-refractivity contribution is 0.0696. The molecule has 2 N–H and O–H groups in total. The summed E-state index contributed by atoms with van der Waals surface area (Å²) in [6.07, 6.45) is 0.590. The molecule has 118 valence electrons. The van der Waals surface area contributed by atoms with E-state index in [1.165, 1.54) is 6.92 Å². The summed E-state index contributed by atoms with van der Waals surface area (Å²) in [4.78, 5) is 12.5. The van der Waals surface area contributed by atoms with Crippen molar-refractivity contribution in [3.63, 3.8) is 0 Å². The fourth-order valence-electron chi connectivity index (χ4n) is 1.74. The summed E-state index contributed by atoms with van der Waals surface area (Å²) in [6, 6.07) is 1.78. The maximum Gasteiger partial charge on any atom is 0.335 e. The lowest BCUT2D eigenvalue weighted by atomic mass is 10.1. The molecule has 0 unspecified atom stereocenters. The van der Waals surface area contributed by atoms with Gasteiger partial charge in [0.15, 0.2) is 0 Å². The predicted octanol–water partition coefficient (Wildman–Crippen LogP) is 1.06. The molecule has 0 aromatic heterocycles. The number of sulfonamides is 1. The van der Waals surface area contributed by atoms with Gasteiger partial charge in [0.1, 0.15) is 5.82 Å². The summed E-state index contributed by atoms with van der Waals surface area (Å²) < 4.78 is 40.3. The van der Waals surface area contributed by atoms with Crippen LogP contribution in [0.1, 0.15) is 22.3 Å². The number of aromatic carboxylic acids is 1. The zero-order valence-corrected chi connectivity index (χ0v) is 13.0. The molecule has 0 aliphatic rings. The highest BCUT2D eigenvalue weighted by Crippen LogP contribution is 2.20. The van der Waals surface area contributed by atoms with Gasteiger partial charge in [-0.2, -0.15) is 0 Å². The van der Waals surface area contributed by atoms with E-state index < -0.39 is 27.4 Å². The van der Waals surface area contributed by atoms with Gasteiger partial charge in [-0.1, -0.05) is 0 Å². The molecule has 0 saturated carbocycles. The van der Waals surface area contributed by atoms with E-state index in [9.17, 15) is 17.6 Å². The number of hydrogen-bond acceptors (Lipinski definition) is 4. The van der Waals surface area contributed by atoms with Crippen LogP contribution in [0.5, 0.6) is 0 Å². The van der Waals surface area contributed by atoms with Crippen molar-refractivity contribution < 1.29 is 22.7 Å². The maximum atomic E-state index is 13.7. The van der Waals surface area contributed by atoms with Crippen LogP contribution in [-0.2, 0) is 10.0 Å². The Morgan fingerprint density at radius 1 is 1.38 bits per heavy atom. The van der Waals surface area contributed by atoms with Crippen molar-refractivity contribution in [2.75, 3.05) is 27.2 Å². The van der Waals surface area contributed by atoms with E-state index in [4.69, 9.17) is 5.11 Å². The molecule has 0 atom stereocenters. The molecule has 1 aromatic rings. The van der Waals surface area contributed by atoms with E-state index in [0.717, 1.165) is 12.1 Å². The molecule has 1 aromatic carbocycles. The highest BCUT2D eigenvalue weighted by Gasteiger charge is 2.21. The van der Waals surface area contributed by atoms with Gasteiger partial charge >= 0.3 is 5.97 Å². The summed E-state index contributed by atoms with van der Waals surface area (Å²) in [5.41, 5.74) is -0.494. The van der Waals surface area contributed by atoms with Crippen molar-refractivity contribution in [2.24, 2.45) is 0 Å². The quantitative estimate of drug-likeness (QED) is 0.734. The molecule has 0 aliphatic heterocycles. The number of carbonyl (C=O) groups is 1. The third-order valence-electron chi connectivity index (χ3n) is 2.91. The molecule has 0 aliphatic carbocycles. The zero-order valence-electron chi connectivity index (χ0n) is 12.2. The van der Waals surface area contributed by atoms with E-state index in [1.807, 2.05) is 19.0 Å². The number of benzene rings is 1. The number of nitrogens with zero attached hydrogens (tertiary/aromatic N) is 1. The summed E-state index contributed by atoms with van der Waals surface area (Å²) in [7, 11) is -0.208. The lowest BCUT2D eigenvalue weighted by Gasteiger charge is -2.12. The second kappa shape index (κ2) is 6.97. The Bertz CT molecular complexity index is 629. The first-order chi connectivity index (χ1) is 9.65. The third-order valence-corrected chi connectivity index (χ3v) is 4.49. The van der Waals surface area contributed by atoms with Gasteiger partial charge in [-0.15, -0.1) is 0 Å². The van der Waals surface area contributed by atoms with Crippen LogP contribution in [0.3, 0.4) is 0 Å². The topological polar surface area (TPSA) is 86.7 Å². The van der Waals surface area contributed by atoms with Gasteiger partial charge in [-0.3, -0.25) is 0 Å². The van der Waals surface area contributed by atoms with Gasteiger partial charge in [0.05, 0.1) is 10.5 Å². The van der Waals surface area contributed by atoms with Crippen LogP contribution in [0, 0.1) is 12.7 Å². The minimum atomic E-state index is -3.94. The molecule has 0 heterocycles. The Hall–Kier alpha value is -1.51. The van der Waals surface area contributed by atoms with Crippen LogP contribution in [-0.4, -0.2) is 51.6 Å². The first-order valence-electron chi connectivity index (χ1n) is 6.33. The Morgan fingerprint density at radius 2 is 2.00 bits per heavy atom. The fourth-order valence-corrected chi connectivity index (χ4v) is 3.09. The SMILES string of the molecule is Cc1c(F)cc(C(=O)O)cc1S(=O)(=O)NCCCN(C)C. The standard InChI is InChI=1S/C13H19FN2O4S/c1-9-11(14)7-10(13(17)18)8-12(9)21(19,20)15-5-4-6-16(2)3/h7-8,15H,4-6H2,1-3H3,(H,17,18). The van der Waals surface area contributed by atoms with Crippen molar-refractivity contribution >= 4 is 16.0 Å². The monoisotopic (exact) mass is 318 g/mol. The smallest absolute Gasteiger partial charge is 0.335 e. The normalized spacial score (nSPS) is 11.9. The largest absolute Gasteiger partial charge is 0.478 e. The van der Waals surface area contributed by atoms with E-state index in [1.54, 1.807) is 0 Å². The van der Waals surface area contributed by atoms with Crippen LogP contribution in [0.25, 0.3) is 0 Å². The Balaban J connectivity index is 2.99. The van der Waals surface area contributed by atoms with Crippen molar-refractivity contribution in [3.05, 3.63) is 29.1 Å². The number of rotatable bonds is 7. The number of carboxylic acids is 1. The predicted molar refractivity (Wildman–Crippen MR) is 76.5 cm³/mol. The minimum Gasteiger partial charge on any atom is -0.478 e. The van der Waals surface area contributed by atoms with E-state index in [0.29, 0.717) is 13.0 Å². The summed E-state index contributed by atoms with van der Waals surface area (Å²) in [5, 5.41) is 8.88. The fraction of sp³-hybridized carbons (Fsp3) is 0.462. The van der Waals surface area contributed by atoms with Crippen molar-refractivity contribution in [3.8, 4) is 0 Å². The van der Waals surface area contributed by atoms with Crippen LogP contribution in [0.2, 0.25) is 0 Å². The van der Waals surface area contributed by atoms with Gasteiger partial charge in [-0.05, 0) is 46.1 Å². The Kier molecular flexibility index (Phi) is 5.82. The van der Waals surface area contributed by atoms with Crippen LogP contribution in [0.15, 0.2) is 17.0 Å². The van der Waals surface area contributed by atoms with Gasteiger partial charge in [0, 0.05) is 12.1 Å². The number of hydrogen-bond donors (Lipinski definition) is 2. The average molecular weight is 318 g/mol. The molecule has 6 nitrogen and oxygen atoms in total. The van der Waals surface area contributed by atoms with Gasteiger partial charge in [0.25, 0.3) is 0 Å². The molecule has 0 fully saturated rings. The van der Waals surface area contributed by atoms with Gasteiger partial charge in [-0.25, -0.2) is 22.3 Å². The van der Waals surface area contributed by atoms with Crippen LogP contribution in [0.4, 0.5) is 4.39 Å². The lowest BCUT2D eigenvalue weighted by Crippen LogP contribution is -2.28. The van der Waals surface area contributed by atoms with Crippen LogP contribution >= 0.6 is 0 Å². The summed E-state index contributed by atoms with van der Waals surface area (Å²) in [5.74, 6) is -2.23. The van der Waals surface area contributed by atoms with Crippen LogP contribution < -0.4 is 4.72 Å². The number of carboxylic acid groups (broad SMARTS) is 1.